The molecule has 0 aliphatic heterocycles. The number of likely N-dealkylation sites (N-methyl/N-ethyl adjacent to an activating group) is 1. The van der Waals surface area contributed by atoms with E-state index in [9.17, 15) is 8.42 Å². The van der Waals surface area contributed by atoms with Crippen LogP contribution in [0.25, 0.3) is 0 Å². The number of nitrogens with one attached hydrogen (secondary N) is 1. The molecule has 1 atom stereocenters. The fraction of sp³-hybridized carbons (Fsp3) is 0.750. The van der Waals surface area contributed by atoms with Gasteiger partial charge in [0.25, 0.3) is 0 Å². The predicted octanol–water partition coefficient (Wildman–Crippen LogP) is 0.369. The highest BCUT2D eigenvalue weighted by atomic mass is 32.2. The molecular weight excluding hydrogens is 264 g/mol. The lowest BCUT2D eigenvalue weighted by molar-refractivity contribution is 0.411. The Bertz CT molecular complexity index is 510. The zero-order valence-corrected chi connectivity index (χ0v) is 13.2. The highest BCUT2D eigenvalue weighted by molar-refractivity contribution is 7.88. The summed E-state index contributed by atoms with van der Waals surface area (Å²) in [5, 5.41) is 7.71. The van der Waals surface area contributed by atoms with Crippen molar-refractivity contribution in [2.75, 3.05) is 26.4 Å². The Morgan fingerprint density at radius 3 is 2.58 bits per heavy atom. The maximum absolute atomic E-state index is 11.2. The minimum Gasteiger partial charge on any atom is -0.311 e. The first-order valence-electron chi connectivity index (χ1n) is 6.36. The van der Waals surface area contributed by atoms with Gasteiger partial charge in [-0.2, -0.15) is 5.10 Å². The Labute approximate surface area is 115 Å². The van der Waals surface area contributed by atoms with Gasteiger partial charge in [0.05, 0.1) is 18.5 Å². The molecule has 6 nitrogen and oxygen atoms in total. The summed E-state index contributed by atoms with van der Waals surface area (Å²) in [5.74, 6) is 0. The molecule has 110 valence electrons. The molecule has 0 saturated heterocycles. The highest BCUT2D eigenvalue weighted by Crippen LogP contribution is 2.02. The summed E-state index contributed by atoms with van der Waals surface area (Å²) in [5.41, 5.74) is 2.15. The van der Waals surface area contributed by atoms with Gasteiger partial charge in [-0.25, -0.2) is 12.7 Å². The first-order chi connectivity index (χ1) is 8.70. The van der Waals surface area contributed by atoms with Crippen LogP contribution >= 0.6 is 0 Å². The van der Waals surface area contributed by atoms with Crippen molar-refractivity contribution in [1.29, 1.82) is 0 Å². The lowest BCUT2D eigenvalue weighted by Crippen LogP contribution is -2.38. The summed E-state index contributed by atoms with van der Waals surface area (Å²) < 4.78 is 25.8. The van der Waals surface area contributed by atoms with E-state index in [1.165, 1.54) is 10.6 Å². The van der Waals surface area contributed by atoms with E-state index in [0.717, 1.165) is 17.9 Å². The number of hydrogen-bond acceptors (Lipinski definition) is 4. The van der Waals surface area contributed by atoms with E-state index in [-0.39, 0.29) is 6.04 Å². The van der Waals surface area contributed by atoms with Gasteiger partial charge in [-0.1, -0.05) is 0 Å². The minimum absolute atomic E-state index is 0.242. The molecule has 1 aromatic heterocycles. The zero-order valence-electron chi connectivity index (χ0n) is 12.3. The molecule has 0 amide bonds. The fourth-order valence-electron chi connectivity index (χ4n) is 1.82. The highest BCUT2D eigenvalue weighted by Gasteiger charge is 2.11. The van der Waals surface area contributed by atoms with E-state index in [1.807, 2.05) is 24.6 Å². The lowest BCUT2D eigenvalue weighted by atomic mass is 10.3. The third-order valence-corrected chi connectivity index (χ3v) is 4.35. The maximum Gasteiger partial charge on any atom is 0.210 e. The van der Waals surface area contributed by atoms with Crippen LogP contribution in [0.4, 0.5) is 0 Å². The average Bonchev–Trinajstić information content (AvgIpc) is 2.55. The second-order valence-corrected chi connectivity index (χ2v) is 7.14. The summed E-state index contributed by atoms with van der Waals surface area (Å²) in [4.78, 5) is 0. The molecule has 1 rings (SSSR count). The standard InChI is InChI=1S/C12H24N4O2S/c1-10-8-12(3)16(14-10)9-11(2)13-6-7-15(4)19(5,17)18/h8,11,13H,6-7,9H2,1-5H3/t11-/m0/s1. The van der Waals surface area contributed by atoms with Crippen LogP contribution in [0.2, 0.25) is 0 Å². The number of sulfonamides is 1. The van der Waals surface area contributed by atoms with Crippen molar-refractivity contribution >= 4 is 10.0 Å². The van der Waals surface area contributed by atoms with Gasteiger partial charge in [-0.05, 0) is 26.8 Å². The average molecular weight is 288 g/mol. The third-order valence-electron chi connectivity index (χ3n) is 3.04. The molecule has 0 saturated carbocycles. The normalized spacial score (nSPS) is 14.0. The van der Waals surface area contributed by atoms with Crippen molar-refractivity contribution in [3.63, 3.8) is 0 Å². The number of hydrogen-bond donors (Lipinski definition) is 1. The molecule has 0 radical (unpaired) electrons. The molecule has 0 bridgehead atoms. The smallest absolute Gasteiger partial charge is 0.210 e. The van der Waals surface area contributed by atoms with Gasteiger partial charge in [0.15, 0.2) is 0 Å². The molecule has 0 fully saturated rings. The Balaban J connectivity index is 2.36. The summed E-state index contributed by atoms with van der Waals surface area (Å²) in [6, 6.07) is 2.29. The molecule has 0 spiro atoms. The Hall–Kier alpha value is -0.920. The third kappa shape index (κ3) is 5.30. The number of aromatic nitrogens is 2. The van der Waals surface area contributed by atoms with Crippen LogP contribution in [-0.2, 0) is 16.6 Å². The van der Waals surface area contributed by atoms with E-state index < -0.39 is 10.0 Å². The maximum atomic E-state index is 11.2. The molecule has 0 aliphatic carbocycles. The minimum atomic E-state index is -3.09. The fourth-order valence-corrected chi connectivity index (χ4v) is 2.24. The summed E-state index contributed by atoms with van der Waals surface area (Å²) in [6.07, 6.45) is 1.21. The molecule has 7 heteroatoms. The van der Waals surface area contributed by atoms with E-state index in [1.54, 1.807) is 7.05 Å². The SMILES string of the molecule is Cc1cc(C)n(C[C@H](C)NCCN(C)S(C)(=O)=O)n1. The Kier molecular flexibility index (Phi) is 5.51. The quantitative estimate of drug-likeness (QED) is 0.787. The van der Waals surface area contributed by atoms with Gasteiger partial charge in [0.2, 0.25) is 10.0 Å². The van der Waals surface area contributed by atoms with Gasteiger partial charge in [0, 0.05) is 31.9 Å². The molecule has 1 aromatic rings. The molecule has 0 aromatic carbocycles. The number of rotatable bonds is 7. The lowest BCUT2D eigenvalue weighted by Gasteiger charge is -2.18. The van der Waals surface area contributed by atoms with Crippen LogP contribution in [0.1, 0.15) is 18.3 Å². The number of aryl methyl sites for hydroxylation is 2. The second-order valence-electron chi connectivity index (χ2n) is 5.05. The predicted molar refractivity (Wildman–Crippen MR) is 76.6 cm³/mol. The van der Waals surface area contributed by atoms with Crippen LogP contribution < -0.4 is 5.32 Å². The van der Waals surface area contributed by atoms with Crippen molar-refractivity contribution in [3.05, 3.63) is 17.5 Å². The Morgan fingerprint density at radius 1 is 1.47 bits per heavy atom. The van der Waals surface area contributed by atoms with E-state index >= 15 is 0 Å². The topological polar surface area (TPSA) is 67.2 Å². The van der Waals surface area contributed by atoms with Gasteiger partial charge >= 0.3 is 0 Å². The largest absolute Gasteiger partial charge is 0.311 e. The van der Waals surface area contributed by atoms with Crippen molar-refractivity contribution in [2.24, 2.45) is 0 Å². The first-order valence-corrected chi connectivity index (χ1v) is 8.20. The summed E-state index contributed by atoms with van der Waals surface area (Å²) in [7, 11) is -1.50. The van der Waals surface area contributed by atoms with Crippen LogP contribution in [0.3, 0.4) is 0 Å². The molecule has 0 aliphatic rings. The monoisotopic (exact) mass is 288 g/mol. The Morgan fingerprint density at radius 2 is 2.11 bits per heavy atom. The van der Waals surface area contributed by atoms with Crippen LogP contribution in [-0.4, -0.2) is 54.9 Å². The zero-order chi connectivity index (χ0) is 14.6. The van der Waals surface area contributed by atoms with E-state index in [4.69, 9.17) is 0 Å². The summed E-state index contributed by atoms with van der Waals surface area (Å²) in [6.45, 7) is 7.95. The molecule has 0 unspecified atom stereocenters. The van der Waals surface area contributed by atoms with Crippen molar-refractivity contribution in [2.45, 2.75) is 33.4 Å². The molecule has 1 heterocycles. The second kappa shape index (κ2) is 6.49. The van der Waals surface area contributed by atoms with E-state index in [0.29, 0.717) is 13.1 Å². The van der Waals surface area contributed by atoms with Crippen molar-refractivity contribution in [3.8, 4) is 0 Å². The van der Waals surface area contributed by atoms with Gasteiger partial charge in [-0.15, -0.1) is 0 Å². The van der Waals surface area contributed by atoms with E-state index in [2.05, 4.69) is 17.3 Å². The van der Waals surface area contributed by atoms with Crippen molar-refractivity contribution in [1.82, 2.24) is 19.4 Å². The van der Waals surface area contributed by atoms with Crippen LogP contribution in [0.15, 0.2) is 6.07 Å². The first kappa shape index (κ1) is 16.1. The molecular formula is C12H24N4O2S. The van der Waals surface area contributed by atoms with Gasteiger partial charge in [0.1, 0.15) is 0 Å². The summed E-state index contributed by atoms with van der Waals surface area (Å²) >= 11 is 0. The number of nitrogens with zero attached hydrogens (tertiary/aromatic N) is 3. The van der Waals surface area contributed by atoms with Gasteiger partial charge in [-0.3, -0.25) is 4.68 Å². The van der Waals surface area contributed by atoms with Gasteiger partial charge < -0.3 is 5.32 Å². The van der Waals surface area contributed by atoms with Crippen molar-refractivity contribution < 1.29 is 8.42 Å². The van der Waals surface area contributed by atoms with Crippen LogP contribution in [0.5, 0.6) is 0 Å². The molecule has 19 heavy (non-hydrogen) atoms. The molecule has 1 N–H and O–H groups in total. The van der Waals surface area contributed by atoms with Crippen LogP contribution in [0, 0.1) is 13.8 Å².